The van der Waals surface area contributed by atoms with Crippen LogP contribution in [0.4, 0.5) is 17.6 Å². The molecule has 2 bridgehead atoms. The third-order valence-electron chi connectivity index (χ3n) is 9.20. The Balaban J connectivity index is 1.18. The summed E-state index contributed by atoms with van der Waals surface area (Å²) in [6.07, 6.45) is 2.08. The van der Waals surface area contributed by atoms with E-state index in [2.05, 4.69) is 10.3 Å². The van der Waals surface area contributed by atoms with Crippen molar-refractivity contribution in [2.24, 2.45) is 16.3 Å². The van der Waals surface area contributed by atoms with Crippen molar-refractivity contribution in [3.8, 4) is 0 Å². The maximum atomic E-state index is 13.8. The molecule has 2 aromatic carbocycles. The van der Waals surface area contributed by atoms with Gasteiger partial charge in [-0.2, -0.15) is 17.5 Å². The van der Waals surface area contributed by atoms with Gasteiger partial charge in [-0.3, -0.25) is 9.79 Å². The summed E-state index contributed by atoms with van der Waals surface area (Å²) in [4.78, 5) is 17.3. The van der Waals surface area contributed by atoms with Crippen molar-refractivity contribution < 1.29 is 30.8 Å². The molecule has 0 aromatic heterocycles. The Kier molecular flexibility index (Phi) is 6.61. The van der Waals surface area contributed by atoms with Crippen LogP contribution in [0.3, 0.4) is 0 Å². The number of amidine groups is 1. The van der Waals surface area contributed by atoms with Gasteiger partial charge in [-0.1, -0.05) is 31.4 Å². The van der Waals surface area contributed by atoms with Crippen LogP contribution in [-0.2, 0) is 27.5 Å². The maximum Gasteiger partial charge on any atom is 0.416 e. The number of halogens is 4. The smallest absolute Gasteiger partial charge is 0.362 e. The molecule has 0 spiro atoms. The van der Waals surface area contributed by atoms with Crippen molar-refractivity contribution >= 4 is 21.6 Å². The number of Topliss-reactive ketones (excluding diaryl/α,β-unsaturated/α-hetero) is 1. The molecule has 0 amide bonds. The van der Waals surface area contributed by atoms with Crippen molar-refractivity contribution in [1.29, 1.82) is 0 Å². The molecule has 4 aliphatic carbocycles. The highest BCUT2D eigenvalue weighted by atomic mass is 32.2. The van der Waals surface area contributed by atoms with E-state index in [1.165, 1.54) is 47.8 Å². The molecule has 0 radical (unpaired) electrons. The van der Waals surface area contributed by atoms with E-state index in [4.69, 9.17) is 0 Å². The maximum absolute atomic E-state index is 13.8. The van der Waals surface area contributed by atoms with E-state index in [1.54, 1.807) is 0 Å². The highest BCUT2D eigenvalue weighted by Gasteiger charge is 2.74. The van der Waals surface area contributed by atoms with Gasteiger partial charge >= 0.3 is 6.18 Å². The van der Waals surface area contributed by atoms with E-state index in [0.717, 1.165) is 36.5 Å². The number of nitrogens with zero attached hydrogens (tertiary/aromatic N) is 2. The molecule has 11 heteroatoms. The quantitative estimate of drug-likeness (QED) is 0.380. The fraction of sp³-hybridized carbons (Fsp3) is 0.517. The summed E-state index contributed by atoms with van der Waals surface area (Å²) in [5.74, 6) is 1.00. The number of ketones is 1. The molecule has 0 saturated heterocycles. The van der Waals surface area contributed by atoms with Crippen molar-refractivity contribution in [3.63, 3.8) is 0 Å². The fourth-order valence-electron chi connectivity index (χ4n) is 6.70. The summed E-state index contributed by atoms with van der Waals surface area (Å²) >= 11 is 0. The average molecular weight is 578 g/mol. The molecule has 1 heterocycles. The number of benzene rings is 2. The molecule has 0 unspecified atom stereocenters. The summed E-state index contributed by atoms with van der Waals surface area (Å²) in [7, 11) is -4.09. The average Bonchev–Trinajstić information content (AvgIpc) is 3.31. The molecule has 214 valence electrons. The molecule has 4 fully saturated rings. The second kappa shape index (κ2) is 9.65. The van der Waals surface area contributed by atoms with Gasteiger partial charge in [-0.25, -0.2) is 12.8 Å². The number of nitrogens with one attached hydrogen (secondary N) is 1. The summed E-state index contributed by atoms with van der Waals surface area (Å²) in [6, 6.07) is 8.69. The Bertz CT molecular complexity index is 1410. The zero-order valence-electron chi connectivity index (χ0n) is 21.9. The van der Waals surface area contributed by atoms with Crippen LogP contribution in [0.5, 0.6) is 0 Å². The lowest BCUT2D eigenvalue weighted by Gasteiger charge is -2.72. The Morgan fingerprint density at radius 3 is 2.25 bits per heavy atom. The van der Waals surface area contributed by atoms with Crippen LogP contribution in [0.2, 0.25) is 0 Å². The predicted octanol–water partition coefficient (Wildman–Crippen LogP) is 5.48. The van der Waals surface area contributed by atoms with Gasteiger partial charge in [0, 0.05) is 23.9 Å². The van der Waals surface area contributed by atoms with Gasteiger partial charge in [-0.05, 0) is 73.6 Å². The molecule has 6 nitrogen and oxygen atoms in total. The van der Waals surface area contributed by atoms with E-state index >= 15 is 0 Å². The molecular weight excluding hydrogens is 546 g/mol. The molecule has 1 N–H and O–H groups in total. The van der Waals surface area contributed by atoms with E-state index in [-0.39, 0.29) is 28.7 Å². The first-order valence-corrected chi connectivity index (χ1v) is 15.1. The molecule has 1 atom stereocenters. The topological polar surface area (TPSA) is 78.8 Å². The monoisotopic (exact) mass is 577 g/mol. The number of carbonyl (C=O) groups excluding carboxylic acids is 1. The van der Waals surface area contributed by atoms with E-state index in [1.807, 2.05) is 0 Å². The molecule has 4 saturated carbocycles. The first kappa shape index (κ1) is 27.4. The Morgan fingerprint density at radius 1 is 1.02 bits per heavy atom. The van der Waals surface area contributed by atoms with Crippen LogP contribution >= 0.6 is 0 Å². The Labute approximate surface area is 230 Å². The second-order valence-electron chi connectivity index (χ2n) is 11.9. The van der Waals surface area contributed by atoms with Gasteiger partial charge in [0.1, 0.15) is 17.7 Å². The van der Waals surface area contributed by atoms with Gasteiger partial charge < -0.3 is 5.32 Å². The number of sulfonamides is 1. The zero-order chi connectivity index (χ0) is 28.3. The zero-order valence-corrected chi connectivity index (χ0v) is 22.7. The van der Waals surface area contributed by atoms with Gasteiger partial charge in [0.05, 0.1) is 17.0 Å². The van der Waals surface area contributed by atoms with Crippen LogP contribution in [0.15, 0.2) is 58.4 Å². The SMILES string of the molecule is O=C(CCC1CCC1)[C@H]1CN=C(C23CC(N(Cc4ccc(C(F)(F)F)cc4)S(=O)(=O)c4ccc(F)cc4)(C2)C3)N1. The third kappa shape index (κ3) is 4.74. The standard InChI is InChI=1S/C29H31F4N3O3S/c30-22-9-11-23(12-10-22)40(38,39)36(15-20-4-7-21(8-5-20)29(31,32)33)28-16-27(17-28,18-28)26-34-14-24(35-26)25(37)13-6-19-2-1-3-19/h4-5,7-12,19,24H,1-3,6,13-18H2,(H,34,35)/t24-,27?,28?/m1/s1. The first-order chi connectivity index (χ1) is 18.9. The lowest BCUT2D eigenvalue weighted by atomic mass is 9.38. The fourth-order valence-corrected chi connectivity index (χ4v) is 8.46. The number of rotatable bonds is 10. The van der Waals surface area contributed by atoms with Gasteiger partial charge in [0.25, 0.3) is 0 Å². The molecule has 40 heavy (non-hydrogen) atoms. The van der Waals surface area contributed by atoms with Crippen molar-refractivity contribution in [3.05, 3.63) is 65.5 Å². The Morgan fingerprint density at radius 2 is 1.68 bits per heavy atom. The number of aliphatic imine (C=N–C) groups is 1. The van der Waals surface area contributed by atoms with Crippen LogP contribution < -0.4 is 5.32 Å². The van der Waals surface area contributed by atoms with Crippen molar-refractivity contribution in [2.45, 2.75) is 80.6 Å². The van der Waals surface area contributed by atoms with E-state index in [0.29, 0.717) is 43.7 Å². The summed E-state index contributed by atoms with van der Waals surface area (Å²) in [6.45, 7) is 0.271. The van der Waals surface area contributed by atoms with Crippen molar-refractivity contribution in [2.75, 3.05) is 6.54 Å². The van der Waals surface area contributed by atoms with Gasteiger partial charge in [0.15, 0.2) is 5.78 Å². The largest absolute Gasteiger partial charge is 0.416 e. The van der Waals surface area contributed by atoms with Crippen LogP contribution in [0.1, 0.15) is 62.5 Å². The normalized spacial score (nSPS) is 27.8. The third-order valence-corrected chi connectivity index (χ3v) is 11.2. The molecular formula is C29H31F4N3O3S. The molecule has 2 aromatic rings. The van der Waals surface area contributed by atoms with E-state index in [9.17, 15) is 30.8 Å². The lowest BCUT2D eigenvalue weighted by Crippen LogP contribution is -2.78. The highest BCUT2D eigenvalue weighted by Crippen LogP contribution is 2.71. The second-order valence-corrected chi connectivity index (χ2v) is 13.7. The molecule has 7 rings (SSSR count). The molecule has 5 aliphatic rings. The lowest BCUT2D eigenvalue weighted by molar-refractivity contribution is -0.151. The van der Waals surface area contributed by atoms with Crippen LogP contribution in [0, 0.1) is 17.2 Å². The van der Waals surface area contributed by atoms with Crippen molar-refractivity contribution in [1.82, 2.24) is 9.62 Å². The summed E-state index contributed by atoms with van der Waals surface area (Å²) in [5.41, 5.74) is -1.45. The summed E-state index contributed by atoms with van der Waals surface area (Å²) < 4.78 is 81.7. The minimum atomic E-state index is -4.50. The molecule has 1 aliphatic heterocycles. The number of hydrogen-bond donors (Lipinski definition) is 1. The number of hydrogen-bond acceptors (Lipinski definition) is 5. The van der Waals surface area contributed by atoms with Crippen LogP contribution in [-0.4, -0.2) is 42.5 Å². The van der Waals surface area contributed by atoms with Gasteiger partial charge in [-0.15, -0.1) is 0 Å². The Hall–Kier alpha value is -2.79. The highest BCUT2D eigenvalue weighted by molar-refractivity contribution is 7.89. The van der Waals surface area contributed by atoms with E-state index < -0.39 is 33.1 Å². The minimum absolute atomic E-state index is 0.0759. The van der Waals surface area contributed by atoms with Crippen LogP contribution in [0.25, 0.3) is 0 Å². The number of alkyl halides is 3. The first-order valence-electron chi connectivity index (χ1n) is 13.7. The number of carbonyl (C=O) groups is 1. The minimum Gasteiger partial charge on any atom is -0.362 e. The summed E-state index contributed by atoms with van der Waals surface area (Å²) in [5, 5.41) is 3.32. The predicted molar refractivity (Wildman–Crippen MR) is 140 cm³/mol. The van der Waals surface area contributed by atoms with Gasteiger partial charge in [0.2, 0.25) is 10.0 Å².